The SMILES string of the molecule is COc1ccc(N2C(c3ccccc3)=C(C)C(C#Cc3ccccc3)=C(C)C2(c2ccccc2)c2ccc(OC)cc2)cc1. The van der Waals surface area contributed by atoms with Crippen LogP contribution in [0.4, 0.5) is 5.69 Å². The molecule has 0 amide bonds. The molecule has 0 saturated heterocycles. The second kappa shape index (κ2) is 12.4. The molecule has 1 aliphatic heterocycles. The van der Waals surface area contributed by atoms with Crippen LogP contribution in [0, 0.1) is 11.8 Å². The maximum Gasteiger partial charge on any atom is 0.119 e. The average Bonchev–Trinajstić information content (AvgIpc) is 3.09. The van der Waals surface area contributed by atoms with Gasteiger partial charge in [0.05, 0.1) is 19.9 Å². The molecule has 1 unspecified atom stereocenters. The Bertz CT molecular complexity index is 1860. The van der Waals surface area contributed by atoms with Gasteiger partial charge in [-0.2, -0.15) is 0 Å². The van der Waals surface area contributed by atoms with Crippen molar-refractivity contribution in [3.05, 3.63) is 178 Å². The molecule has 5 aromatic carbocycles. The van der Waals surface area contributed by atoms with Gasteiger partial charge in [0.1, 0.15) is 17.0 Å². The van der Waals surface area contributed by atoms with Crippen LogP contribution in [-0.2, 0) is 5.54 Å². The van der Waals surface area contributed by atoms with E-state index < -0.39 is 5.54 Å². The number of nitrogens with zero attached hydrogens (tertiary/aromatic N) is 1. The molecule has 0 aliphatic carbocycles. The van der Waals surface area contributed by atoms with E-state index in [1.54, 1.807) is 14.2 Å². The van der Waals surface area contributed by atoms with E-state index in [2.05, 4.69) is 128 Å². The Morgan fingerprint density at radius 3 is 1.61 bits per heavy atom. The summed E-state index contributed by atoms with van der Waals surface area (Å²) in [5.74, 6) is 8.74. The number of rotatable bonds is 6. The highest BCUT2D eigenvalue weighted by Gasteiger charge is 2.48. The molecule has 216 valence electrons. The molecule has 0 saturated carbocycles. The lowest BCUT2D eigenvalue weighted by Crippen LogP contribution is -2.50. The summed E-state index contributed by atoms with van der Waals surface area (Å²) in [5, 5.41) is 0. The Morgan fingerprint density at radius 2 is 1.05 bits per heavy atom. The minimum absolute atomic E-state index is 0.743. The maximum absolute atomic E-state index is 5.60. The van der Waals surface area contributed by atoms with Crippen LogP contribution in [0.2, 0.25) is 0 Å². The lowest BCUT2D eigenvalue weighted by molar-refractivity contribution is 0.414. The molecular weight excluding hydrogens is 538 g/mol. The van der Waals surface area contributed by atoms with Gasteiger partial charge in [0.2, 0.25) is 0 Å². The summed E-state index contributed by atoms with van der Waals surface area (Å²) in [4.78, 5) is 2.48. The Hall–Kier alpha value is -5.46. The third-order valence-electron chi connectivity index (χ3n) is 8.39. The summed E-state index contributed by atoms with van der Waals surface area (Å²) in [6, 6.07) is 48.3. The quantitative estimate of drug-likeness (QED) is 0.189. The molecule has 0 aromatic heterocycles. The molecule has 0 spiro atoms. The Morgan fingerprint density at radius 1 is 0.545 bits per heavy atom. The number of hydrogen-bond donors (Lipinski definition) is 0. The molecule has 1 aliphatic rings. The van der Waals surface area contributed by atoms with Crippen molar-refractivity contribution in [3.8, 4) is 23.3 Å². The van der Waals surface area contributed by atoms with E-state index in [-0.39, 0.29) is 0 Å². The highest BCUT2D eigenvalue weighted by Crippen LogP contribution is 2.54. The smallest absolute Gasteiger partial charge is 0.119 e. The molecule has 0 N–H and O–H groups in total. The van der Waals surface area contributed by atoms with Gasteiger partial charge in [-0.3, -0.25) is 0 Å². The Balaban J connectivity index is 1.77. The number of ether oxygens (including phenoxy) is 2. The molecule has 0 bridgehead atoms. The highest BCUT2D eigenvalue weighted by molar-refractivity contribution is 5.91. The van der Waals surface area contributed by atoms with Gasteiger partial charge in [0.25, 0.3) is 0 Å². The predicted octanol–water partition coefficient (Wildman–Crippen LogP) is 9.27. The van der Waals surface area contributed by atoms with Gasteiger partial charge >= 0.3 is 0 Å². The van der Waals surface area contributed by atoms with Crippen molar-refractivity contribution >= 4 is 11.4 Å². The van der Waals surface area contributed by atoms with Crippen LogP contribution >= 0.6 is 0 Å². The molecule has 5 aromatic rings. The molecule has 1 heterocycles. The summed E-state index contributed by atoms with van der Waals surface area (Å²) >= 11 is 0. The van der Waals surface area contributed by atoms with Crippen molar-refractivity contribution in [1.82, 2.24) is 0 Å². The summed E-state index contributed by atoms with van der Waals surface area (Å²) < 4.78 is 11.2. The monoisotopic (exact) mass is 573 g/mol. The van der Waals surface area contributed by atoms with Crippen LogP contribution in [0.15, 0.2) is 156 Å². The molecule has 3 heteroatoms. The van der Waals surface area contributed by atoms with Crippen LogP contribution in [-0.4, -0.2) is 14.2 Å². The first-order chi connectivity index (χ1) is 21.6. The highest BCUT2D eigenvalue weighted by atomic mass is 16.5. The summed E-state index contributed by atoms with van der Waals surface area (Å²) in [6.07, 6.45) is 0. The van der Waals surface area contributed by atoms with Crippen LogP contribution in [0.1, 0.15) is 36.1 Å². The maximum atomic E-state index is 5.60. The Kier molecular flexibility index (Phi) is 8.08. The van der Waals surface area contributed by atoms with Crippen molar-refractivity contribution < 1.29 is 9.47 Å². The van der Waals surface area contributed by atoms with Gasteiger partial charge < -0.3 is 14.4 Å². The van der Waals surface area contributed by atoms with Gasteiger partial charge in [0.15, 0.2) is 0 Å². The van der Waals surface area contributed by atoms with Crippen molar-refractivity contribution in [1.29, 1.82) is 0 Å². The zero-order chi connectivity index (χ0) is 30.5. The largest absolute Gasteiger partial charge is 0.497 e. The van der Waals surface area contributed by atoms with E-state index in [0.717, 1.165) is 61.9 Å². The second-order valence-electron chi connectivity index (χ2n) is 10.8. The van der Waals surface area contributed by atoms with Crippen LogP contribution < -0.4 is 14.4 Å². The lowest BCUT2D eigenvalue weighted by Gasteiger charge is -2.52. The van der Waals surface area contributed by atoms with Gasteiger partial charge in [-0.15, -0.1) is 0 Å². The van der Waals surface area contributed by atoms with E-state index in [1.165, 1.54) is 0 Å². The van der Waals surface area contributed by atoms with E-state index in [0.29, 0.717) is 0 Å². The summed E-state index contributed by atoms with van der Waals surface area (Å²) in [7, 11) is 3.40. The first-order valence-electron chi connectivity index (χ1n) is 14.8. The number of hydrogen-bond acceptors (Lipinski definition) is 3. The van der Waals surface area contributed by atoms with E-state index in [4.69, 9.17) is 9.47 Å². The van der Waals surface area contributed by atoms with Crippen molar-refractivity contribution in [2.24, 2.45) is 0 Å². The lowest BCUT2D eigenvalue weighted by atomic mass is 9.69. The first kappa shape index (κ1) is 28.6. The summed E-state index contributed by atoms with van der Waals surface area (Å²) in [5.41, 5.74) is 9.02. The van der Waals surface area contributed by atoms with Crippen molar-refractivity contribution in [2.75, 3.05) is 19.1 Å². The zero-order valence-corrected chi connectivity index (χ0v) is 25.5. The number of methoxy groups -OCH3 is 2. The molecule has 3 nitrogen and oxygen atoms in total. The molecule has 6 rings (SSSR count). The minimum Gasteiger partial charge on any atom is -0.497 e. The van der Waals surface area contributed by atoms with Gasteiger partial charge in [-0.05, 0) is 90.2 Å². The number of anilines is 1. The fraction of sp³-hybridized carbons (Fsp3) is 0.122. The number of benzene rings is 5. The normalized spacial score (nSPS) is 16.3. The summed E-state index contributed by atoms with van der Waals surface area (Å²) in [6.45, 7) is 4.42. The van der Waals surface area contributed by atoms with E-state index in [9.17, 15) is 0 Å². The molecule has 0 radical (unpaired) electrons. The second-order valence-corrected chi connectivity index (χ2v) is 10.8. The average molecular weight is 574 g/mol. The standard InChI is InChI=1S/C41H35NO2/c1-30-39(29-20-32-14-8-5-9-15-32)31(2)41(34-18-12-7-13-19-34,35-21-25-37(43-3)26-22-35)42(36-23-27-38(44-4)28-24-36)40(30)33-16-10-6-11-17-33/h5-19,21-28H,1-4H3. The predicted molar refractivity (Wildman–Crippen MR) is 181 cm³/mol. The van der Waals surface area contributed by atoms with E-state index >= 15 is 0 Å². The molecule has 44 heavy (non-hydrogen) atoms. The van der Waals surface area contributed by atoms with Crippen LogP contribution in [0.5, 0.6) is 11.5 Å². The number of allylic oxidation sites excluding steroid dienone is 2. The van der Waals surface area contributed by atoms with Gasteiger partial charge in [-0.25, -0.2) is 0 Å². The third-order valence-corrected chi connectivity index (χ3v) is 8.39. The van der Waals surface area contributed by atoms with E-state index in [1.807, 2.05) is 42.5 Å². The van der Waals surface area contributed by atoms with Crippen molar-refractivity contribution in [3.63, 3.8) is 0 Å². The van der Waals surface area contributed by atoms with Crippen LogP contribution in [0.25, 0.3) is 5.70 Å². The fourth-order valence-electron chi connectivity index (χ4n) is 6.29. The third kappa shape index (κ3) is 5.06. The molecular formula is C41H35NO2. The topological polar surface area (TPSA) is 21.7 Å². The minimum atomic E-state index is -0.743. The molecule has 0 fully saturated rings. The van der Waals surface area contributed by atoms with Crippen LogP contribution in [0.3, 0.4) is 0 Å². The first-order valence-corrected chi connectivity index (χ1v) is 14.8. The van der Waals surface area contributed by atoms with Crippen molar-refractivity contribution in [2.45, 2.75) is 19.4 Å². The zero-order valence-electron chi connectivity index (χ0n) is 25.5. The van der Waals surface area contributed by atoms with Gasteiger partial charge in [0, 0.05) is 16.8 Å². The molecule has 1 atom stereocenters. The Labute approximate surface area is 260 Å². The van der Waals surface area contributed by atoms with Gasteiger partial charge in [-0.1, -0.05) is 103 Å². The fourth-order valence-corrected chi connectivity index (χ4v) is 6.29.